The van der Waals surface area contributed by atoms with Crippen LogP contribution < -0.4 is 5.73 Å². The number of anilines is 1. The van der Waals surface area contributed by atoms with E-state index in [4.69, 9.17) is 5.73 Å². The molecule has 0 aromatic carbocycles. The van der Waals surface area contributed by atoms with Crippen molar-refractivity contribution in [1.29, 1.82) is 0 Å². The van der Waals surface area contributed by atoms with Crippen molar-refractivity contribution in [2.24, 2.45) is 0 Å². The van der Waals surface area contributed by atoms with Gasteiger partial charge in [-0.1, -0.05) is 5.16 Å². The smallest absolute Gasteiger partial charge is 0.228 e. The van der Waals surface area contributed by atoms with Crippen molar-refractivity contribution >= 4 is 11.7 Å². The molecule has 6 nitrogen and oxygen atoms in total. The number of amides is 1. The fourth-order valence-electron chi connectivity index (χ4n) is 1.73. The predicted octanol–water partition coefficient (Wildman–Crippen LogP) is 0.207. The molecule has 0 spiro atoms. The minimum absolute atomic E-state index is 0.0529. The van der Waals surface area contributed by atoms with Crippen LogP contribution >= 0.6 is 0 Å². The molecule has 1 aromatic rings. The predicted molar refractivity (Wildman–Crippen MR) is 52.8 cm³/mol. The van der Waals surface area contributed by atoms with Gasteiger partial charge in [-0.2, -0.15) is 0 Å². The van der Waals surface area contributed by atoms with Crippen LogP contribution in [0.2, 0.25) is 0 Å². The van der Waals surface area contributed by atoms with Gasteiger partial charge in [-0.15, -0.1) is 0 Å². The van der Waals surface area contributed by atoms with E-state index in [1.54, 1.807) is 0 Å². The number of carbonyl (C=O) groups is 1. The van der Waals surface area contributed by atoms with E-state index in [-0.39, 0.29) is 18.1 Å². The molecular formula is C9H14N4O2. The molecule has 2 heterocycles. The number of aromatic nitrogens is 2. The van der Waals surface area contributed by atoms with Crippen molar-refractivity contribution in [3.05, 3.63) is 5.69 Å². The number of piperidine rings is 1. The topological polar surface area (TPSA) is 85.2 Å². The lowest BCUT2D eigenvalue weighted by Gasteiger charge is -2.26. The molecule has 1 saturated heterocycles. The fourth-order valence-corrected chi connectivity index (χ4v) is 1.73. The molecule has 0 atom stereocenters. The number of nitrogens with zero attached hydrogens (tertiary/aromatic N) is 3. The van der Waals surface area contributed by atoms with Crippen LogP contribution in [0.5, 0.6) is 0 Å². The summed E-state index contributed by atoms with van der Waals surface area (Å²) in [5.41, 5.74) is 5.92. The van der Waals surface area contributed by atoms with Crippen molar-refractivity contribution < 1.29 is 9.42 Å². The minimum Gasteiger partial charge on any atom is -0.379 e. The van der Waals surface area contributed by atoms with Gasteiger partial charge in [0.2, 0.25) is 5.91 Å². The van der Waals surface area contributed by atoms with Gasteiger partial charge in [0.25, 0.3) is 0 Å². The molecule has 82 valence electrons. The largest absolute Gasteiger partial charge is 0.379 e. The Morgan fingerprint density at radius 3 is 2.67 bits per heavy atom. The van der Waals surface area contributed by atoms with Crippen molar-refractivity contribution in [3.8, 4) is 0 Å². The summed E-state index contributed by atoms with van der Waals surface area (Å²) in [6, 6.07) is 0. The summed E-state index contributed by atoms with van der Waals surface area (Å²) in [6.07, 6.45) is 3.56. The van der Waals surface area contributed by atoms with Gasteiger partial charge in [0.05, 0.1) is 6.42 Å². The van der Waals surface area contributed by atoms with E-state index in [0.29, 0.717) is 5.69 Å². The van der Waals surface area contributed by atoms with Gasteiger partial charge < -0.3 is 10.6 Å². The van der Waals surface area contributed by atoms with E-state index in [1.165, 1.54) is 6.42 Å². The fraction of sp³-hybridized carbons (Fsp3) is 0.667. The highest BCUT2D eigenvalue weighted by Gasteiger charge is 2.19. The zero-order valence-electron chi connectivity index (χ0n) is 8.48. The van der Waals surface area contributed by atoms with Gasteiger partial charge in [-0.25, -0.2) is 4.63 Å². The summed E-state index contributed by atoms with van der Waals surface area (Å²) in [6.45, 7) is 1.67. The maximum Gasteiger partial charge on any atom is 0.228 e. The summed E-state index contributed by atoms with van der Waals surface area (Å²) in [5, 5.41) is 7.03. The first-order valence-corrected chi connectivity index (χ1v) is 5.12. The molecule has 1 aliphatic rings. The van der Waals surface area contributed by atoms with Crippen LogP contribution in [0.25, 0.3) is 0 Å². The van der Waals surface area contributed by atoms with E-state index in [1.807, 2.05) is 4.90 Å². The summed E-state index contributed by atoms with van der Waals surface area (Å²) in [4.78, 5) is 13.6. The molecule has 6 heteroatoms. The Morgan fingerprint density at radius 1 is 1.33 bits per heavy atom. The summed E-state index contributed by atoms with van der Waals surface area (Å²) in [5.74, 6) is 0.262. The molecule has 1 aromatic heterocycles. The molecule has 0 bridgehead atoms. The number of hydrogen-bond donors (Lipinski definition) is 1. The number of rotatable bonds is 2. The van der Waals surface area contributed by atoms with Gasteiger partial charge in [-0.3, -0.25) is 4.79 Å². The summed E-state index contributed by atoms with van der Waals surface area (Å²) in [7, 11) is 0. The molecule has 0 radical (unpaired) electrons. The molecule has 15 heavy (non-hydrogen) atoms. The van der Waals surface area contributed by atoms with Crippen LogP contribution in [-0.4, -0.2) is 34.2 Å². The van der Waals surface area contributed by atoms with Crippen molar-refractivity contribution in [2.75, 3.05) is 18.8 Å². The third kappa shape index (κ3) is 2.26. The highest BCUT2D eigenvalue weighted by Crippen LogP contribution is 2.12. The molecule has 2 N–H and O–H groups in total. The quantitative estimate of drug-likeness (QED) is 0.754. The average Bonchev–Trinajstić information content (AvgIpc) is 2.66. The molecule has 1 fully saturated rings. The Bertz CT molecular complexity index is 344. The van der Waals surface area contributed by atoms with E-state index in [0.717, 1.165) is 25.9 Å². The van der Waals surface area contributed by atoms with Crippen LogP contribution in [0.15, 0.2) is 4.63 Å². The van der Waals surface area contributed by atoms with E-state index < -0.39 is 0 Å². The molecular weight excluding hydrogens is 196 g/mol. The van der Waals surface area contributed by atoms with E-state index in [9.17, 15) is 4.79 Å². The van der Waals surface area contributed by atoms with E-state index in [2.05, 4.69) is 14.9 Å². The Balaban J connectivity index is 1.94. The standard InChI is InChI=1S/C9H14N4O2/c10-9-7(11-15-12-9)6-8(14)13-4-2-1-3-5-13/h1-6H2,(H2,10,12). The first-order chi connectivity index (χ1) is 7.27. The number of nitrogens with two attached hydrogens (primary N) is 1. The lowest BCUT2D eigenvalue weighted by molar-refractivity contribution is -0.131. The zero-order chi connectivity index (χ0) is 10.7. The zero-order valence-corrected chi connectivity index (χ0v) is 8.48. The van der Waals surface area contributed by atoms with Crippen LogP contribution in [0.4, 0.5) is 5.82 Å². The first-order valence-electron chi connectivity index (χ1n) is 5.12. The third-order valence-corrected chi connectivity index (χ3v) is 2.61. The number of likely N-dealkylation sites (tertiary alicyclic amines) is 1. The second-order valence-corrected chi connectivity index (χ2v) is 3.71. The highest BCUT2D eigenvalue weighted by molar-refractivity contribution is 5.79. The lowest BCUT2D eigenvalue weighted by atomic mass is 10.1. The number of nitrogen functional groups attached to an aromatic ring is 1. The number of carbonyl (C=O) groups excluding carboxylic acids is 1. The van der Waals surface area contributed by atoms with Crippen LogP contribution in [0, 0.1) is 0 Å². The third-order valence-electron chi connectivity index (χ3n) is 2.61. The van der Waals surface area contributed by atoms with Crippen molar-refractivity contribution in [2.45, 2.75) is 25.7 Å². The molecule has 1 amide bonds. The molecule has 0 unspecified atom stereocenters. The minimum atomic E-state index is 0.0529. The maximum absolute atomic E-state index is 11.8. The van der Waals surface area contributed by atoms with Crippen LogP contribution in [-0.2, 0) is 11.2 Å². The Hall–Kier alpha value is -1.59. The highest BCUT2D eigenvalue weighted by atomic mass is 16.6. The van der Waals surface area contributed by atoms with Crippen LogP contribution in [0.1, 0.15) is 25.0 Å². The first kappa shape index (κ1) is 9.95. The maximum atomic E-state index is 11.8. The van der Waals surface area contributed by atoms with Crippen molar-refractivity contribution in [1.82, 2.24) is 15.2 Å². The number of hydrogen-bond acceptors (Lipinski definition) is 5. The molecule has 0 saturated carbocycles. The van der Waals surface area contributed by atoms with Gasteiger partial charge in [-0.05, 0) is 24.4 Å². The summed E-state index contributed by atoms with van der Waals surface area (Å²) >= 11 is 0. The Kier molecular flexibility index (Phi) is 2.84. The van der Waals surface area contributed by atoms with Gasteiger partial charge in [0.15, 0.2) is 5.82 Å². The van der Waals surface area contributed by atoms with E-state index >= 15 is 0 Å². The Morgan fingerprint density at radius 2 is 2.07 bits per heavy atom. The summed E-state index contributed by atoms with van der Waals surface area (Å²) < 4.78 is 4.44. The molecule has 1 aliphatic heterocycles. The van der Waals surface area contributed by atoms with Gasteiger partial charge >= 0.3 is 0 Å². The van der Waals surface area contributed by atoms with Crippen LogP contribution in [0.3, 0.4) is 0 Å². The molecule has 2 rings (SSSR count). The SMILES string of the molecule is Nc1nonc1CC(=O)N1CCCCC1. The van der Waals surface area contributed by atoms with Crippen molar-refractivity contribution in [3.63, 3.8) is 0 Å². The average molecular weight is 210 g/mol. The monoisotopic (exact) mass is 210 g/mol. The second kappa shape index (κ2) is 4.29. The lowest BCUT2D eigenvalue weighted by Crippen LogP contribution is -2.36. The molecule has 0 aliphatic carbocycles. The van der Waals surface area contributed by atoms with Gasteiger partial charge in [0.1, 0.15) is 5.69 Å². The normalized spacial score (nSPS) is 16.7. The second-order valence-electron chi connectivity index (χ2n) is 3.71. The Labute approximate surface area is 87.4 Å². The van der Waals surface area contributed by atoms with Gasteiger partial charge in [0, 0.05) is 13.1 Å².